The molecule has 0 aliphatic heterocycles. The molecule has 15 heavy (non-hydrogen) atoms. The Morgan fingerprint density at radius 3 is 3.07 bits per heavy atom. The maximum atomic E-state index is 11.7. The van der Waals surface area contributed by atoms with Crippen LogP contribution in [0, 0.1) is 11.3 Å². The van der Waals surface area contributed by atoms with Crippen LogP contribution < -0.4 is 5.69 Å². The van der Waals surface area contributed by atoms with Crippen molar-refractivity contribution in [2.24, 2.45) is 0 Å². The molecule has 0 radical (unpaired) electrons. The summed E-state index contributed by atoms with van der Waals surface area (Å²) in [5, 5.41) is 12.5. The van der Waals surface area contributed by atoms with Gasteiger partial charge in [-0.2, -0.15) is 5.26 Å². The smallest absolute Gasteiger partial charge is 0.250 e. The Kier molecular flexibility index (Phi) is 2.50. The molecule has 0 saturated heterocycles. The van der Waals surface area contributed by atoms with Gasteiger partial charge in [0.05, 0.1) is 6.07 Å². The molecule has 0 saturated carbocycles. The molecule has 0 spiro atoms. The maximum absolute atomic E-state index is 11.7. The van der Waals surface area contributed by atoms with Gasteiger partial charge in [0.25, 0.3) is 0 Å². The summed E-state index contributed by atoms with van der Waals surface area (Å²) in [5.74, 6) is 0. The van der Waals surface area contributed by atoms with Crippen molar-refractivity contribution >= 4 is 5.65 Å². The summed E-state index contributed by atoms with van der Waals surface area (Å²) < 4.78 is 2.89. The molecule has 0 bridgehead atoms. The molecule has 2 rings (SSSR count). The first-order chi connectivity index (χ1) is 7.33. The van der Waals surface area contributed by atoms with E-state index in [4.69, 9.17) is 5.26 Å². The van der Waals surface area contributed by atoms with Crippen molar-refractivity contribution in [2.75, 3.05) is 0 Å². The number of fused-ring (bicyclic) bond motifs is 1. The van der Waals surface area contributed by atoms with Crippen LogP contribution in [0.2, 0.25) is 0 Å². The third-order valence-corrected chi connectivity index (χ3v) is 2.15. The zero-order valence-electron chi connectivity index (χ0n) is 8.13. The Hall–Kier alpha value is -2.09. The molecule has 0 aromatic carbocycles. The van der Waals surface area contributed by atoms with Crippen molar-refractivity contribution in [1.82, 2.24) is 14.2 Å². The average molecular weight is 202 g/mol. The molecule has 0 aliphatic rings. The summed E-state index contributed by atoms with van der Waals surface area (Å²) in [5.41, 5.74) is 0.489. The lowest BCUT2D eigenvalue weighted by molar-refractivity contribution is 0.567. The molecule has 0 fully saturated rings. The number of nitrogens with zero attached hydrogens (tertiary/aromatic N) is 4. The second-order valence-corrected chi connectivity index (χ2v) is 3.20. The van der Waals surface area contributed by atoms with Crippen LogP contribution in [0.15, 0.2) is 29.2 Å². The van der Waals surface area contributed by atoms with Crippen LogP contribution in [-0.4, -0.2) is 14.2 Å². The van der Waals surface area contributed by atoms with Crippen LogP contribution in [0.1, 0.15) is 12.8 Å². The van der Waals surface area contributed by atoms with E-state index in [0.717, 1.165) is 0 Å². The van der Waals surface area contributed by atoms with Crippen LogP contribution in [-0.2, 0) is 6.54 Å². The molecule has 5 nitrogen and oxygen atoms in total. The molecular weight excluding hydrogens is 192 g/mol. The molecular formula is C10H10N4O. The Labute approximate surface area is 86.2 Å². The highest BCUT2D eigenvalue weighted by Gasteiger charge is 2.04. The second-order valence-electron chi connectivity index (χ2n) is 3.20. The van der Waals surface area contributed by atoms with Gasteiger partial charge in [0.15, 0.2) is 5.65 Å². The lowest BCUT2D eigenvalue weighted by Gasteiger charge is -1.93. The van der Waals surface area contributed by atoms with Gasteiger partial charge >= 0.3 is 5.69 Å². The summed E-state index contributed by atoms with van der Waals surface area (Å²) in [6.07, 6.45) is 2.78. The zero-order valence-corrected chi connectivity index (χ0v) is 8.13. The van der Waals surface area contributed by atoms with Gasteiger partial charge in [-0.1, -0.05) is 6.07 Å². The molecule has 0 N–H and O–H groups in total. The molecule has 0 amide bonds. The van der Waals surface area contributed by atoms with E-state index in [-0.39, 0.29) is 5.69 Å². The largest absolute Gasteiger partial charge is 0.350 e. The number of hydrogen-bond donors (Lipinski definition) is 0. The fourth-order valence-corrected chi connectivity index (χ4v) is 1.42. The molecule has 0 atom stereocenters. The van der Waals surface area contributed by atoms with E-state index in [1.807, 2.05) is 12.1 Å². The van der Waals surface area contributed by atoms with Crippen LogP contribution in [0.4, 0.5) is 0 Å². The number of unbranched alkanes of at least 4 members (excludes halogenated alkanes) is 1. The predicted molar refractivity (Wildman–Crippen MR) is 54.3 cm³/mol. The SMILES string of the molecule is N#CCCCn1nc2ccccn2c1=O. The maximum Gasteiger partial charge on any atom is 0.350 e. The number of aryl methyl sites for hydroxylation is 1. The fraction of sp³-hybridized carbons (Fsp3) is 0.300. The third-order valence-electron chi connectivity index (χ3n) is 2.15. The summed E-state index contributed by atoms with van der Waals surface area (Å²) in [6, 6.07) is 7.44. The van der Waals surface area contributed by atoms with Gasteiger partial charge < -0.3 is 0 Å². The normalized spacial score (nSPS) is 10.3. The van der Waals surface area contributed by atoms with E-state index in [1.165, 1.54) is 9.08 Å². The average Bonchev–Trinajstić information content (AvgIpc) is 2.57. The van der Waals surface area contributed by atoms with Crippen molar-refractivity contribution in [3.05, 3.63) is 34.9 Å². The first-order valence-corrected chi connectivity index (χ1v) is 4.74. The van der Waals surface area contributed by atoms with Crippen molar-refractivity contribution in [2.45, 2.75) is 19.4 Å². The Morgan fingerprint density at radius 1 is 1.47 bits per heavy atom. The van der Waals surface area contributed by atoms with Crippen LogP contribution in [0.25, 0.3) is 5.65 Å². The summed E-state index contributed by atoms with van der Waals surface area (Å²) in [7, 11) is 0. The van der Waals surface area contributed by atoms with Gasteiger partial charge in [0, 0.05) is 19.2 Å². The lowest BCUT2D eigenvalue weighted by Crippen LogP contribution is -2.20. The first kappa shape index (κ1) is 9.46. The van der Waals surface area contributed by atoms with Crippen LogP contribution >= 0.6 is 0 Å². The van der Waals surface area contributed by atoms with Gasteiger partial charge in [-0.3, -0.25) is 4.40 Å². The molecule has 0 unspecified atom stereocenters. The second kappa shape index (κ2) is 3.96. The van der Waals surface area contributed by atoms with Crippen molar-refractivity contribution < 1.29 is 0 Å². The standard InChI is InChI=1S/C10H10N4O/c11-6-2-4-8-14-10(15)13-7-3-1-5-9(13)12-14/h1,3,5,7H,2,4,8H2. The van der Waals surface area contributed by atoms with Crippen molar-refractivity contribution in [3.63, 3.8) is 0 Å². The highest BCUT2D eigenvalue weighted by Crippen LogP contribution is 1.96. The van der Waals surface area contributed by atoms with Gasteiger partial charge in [-0.25, -0.2) is 9.48 Å². The molecule has 2 heterocycles. The zero-order chi connectivity index (χ0) is 10.7. The summed E-state index contributed by atoms with van der Waals surface area (Å²) in [6.45, 7) is 0.494. The molecule has 2 aromatic heterocycles. The molecule has 5 heteroatoms. The van der Waals surface area contributed by atoms with E-state index < -0.39 is 0 Å². The quantitative estimate of drug-likeness (QED) is 0.691. The number of nitriles is 1. The first-order valence-electron chi connectivity index (χ1n) is 4.74. The number of hydrogen-bond acceptors (Lipinski definition) is 3. The van der Waals surface area contributed by atoms with Gasteiger partial charge in [0.1, 0.15) is 0 Å². The van der Waals surface area contributed by atoms with Gasteiger partial charge in [0.2, 0.25) is 0 Å². The molecule has 2 aromatic rings. The van der Waals surface area contributed by atoms with E-state index in [1.54, 1.807) is 18.3 Å². The Bertz CT molecular complexity index is 561. The van der Waals surface area contributed by atoms with Gasteiger partial charge in [-0.15, -0.1) is 5.10 Å². The minimum absolute atomic E-state index is 0.150. The predicted octanol–water partition coefficient (Wildman–Crippen LogP) is 0.800. The third kappa shape index (κ3) is 1.74. The van der Waals surface area contributed by atoms with Crippen LogP contribution in [0.5, 0.6) is 0 Å². The van der Waals surface area contributed by atoms with Crippen molar-refractivity contribution in [1.29, 1.82) is 5.26 Å². The Balaban J connectivity index is 2.33. The Morgan fingerprint density at radius 2 is 2.33 bits per heavy atom. The lowest BCUT2D eigenvalue weighted by atomic mass is 10.3. The van der Waals surface area contributed by atoms with Crippen molar-refractivity contribution in [3.8, 4) is 6.07 Å². The summed E-state index contributed by atoms with van der Waals surface area (Å²) in [4.78, 5) is 11.7. The minimum Gasteiger partial charge on any atom is -0.250 e. The minimum atomic E-state index is -0.150. The monoisotopic (exact) mass is 202 g/mol. The van der Waals surface area contributed by atoms with E-state index in [9.17, 15) is 4.79 Å². The fourth-order valence-electron chi connectivity index (χ4n) is 1.42. The number of pyridine rings is 1. The summed E-state index contributed by atoms with van der Waals surface area (Å²) >= 11 is 0. The van der Waals surface area contributed by atoms with Crippen LogP contribution in [0.3, 0.4) is 0 Å². The highest BCUT2D eigenvalue weighted by molar-refractivity contribution is 5.35. The number of rotatable bonds is 3. The van der Waals surface area contributed by atoms with E-state index in [0.29, 0.717) is 25.0 Å². The molecule has 0 aliphatic carbocycles. The topological polar surface area (TPSA) is 63.1 Å². The van der Waals surface area contributed by atoms with E-state index >= 15 is 0 Å². The molecule has 76 valence electrons. The highest BCUT2D eigenvalue weighted by atomic mass is 16.2. The number of aromatic nitrogens is 3. The van der Waals surface area contributed by atoms with E-state index in [2.05, 4.69) is 5.10 Å². The van der Waals surface area contributed by atoms with Gasteiger partial charge in [-0.05, 0) is 18.6 Å².